The highest BCUT2D eigenvalue weighted by Gasteiger charge is 2.20. The van der Waals surface area contributed by atoms with Gasteiger partial charge in [0.05, 0.1) is 11.4 Å². The van der Waals surface area contributed by atoms with Gasteiger partial charge in [-0.3, -0.25) is 0 Å². The number of aryl methyl sites for hydroxylation is 3. The molecule has 126 valence electrons. The number of rotatable bonds is 3. The van der Waals surface area contributed by atoms with Crippen LogP contribution in [0, 0.1) is 20.8 Å². The molecule has 0 aromatic heterocycles. The topological polar surface area (TPSA) is 29.5 Å². The number of benzene rings is 3. The maximum Gasteiger partial charge on any atom is 0.424 e. The summed E-state index contributed by atoms with van der Waals surface area (Å²) in [4.78, 5) is 14.5. The van der Waals surface area contributed by atoms with Gasteiger partial charge in [-0.2, -0.15) is 0 Å². The van der Waals surface area contributed by atoms with Crippen LogP contribution in [0.4, 0.5) is 16.2 Å². The molecular weight excluding hydrogens is 310 g/mol. The zero-order valence-electron chi connectivity index (χ0n) is 14.7. The predicted molar refractivity (Wildman–Crippen MR) is 102 cm³/mol. The molecule has 0 spiro atoms. The van der Waals surface area contributed by atoms with Crippen molar-refractivity contribution in [3.8, 4) is 5.75 Å². The normalized spacial score (nSPS) is 10.4. The van der Waals surface area contributed by atoms with Crippen molar-refractivity contribution >= 4 is 17.5 Å². The number of carbonyl (C=O) groups excluding carboxylic acids is 1. The van der Waals surface area contributed by atoms with Gasteiger partial charge < -0.3 is 4.74 Å². The largest absolute Gasteiger partial charge is 0.424 e. The van der Waals surface area contributed by atoms with Gasteiger partial charge in [0.15, 0.2) is 0 Å². The van der Waals surface area contributed by atoms with E-state index in [1.165, 1.54) is 0 Å². The molecular formula is C22H21NO2. The predicted octanol–water partition coefficient (Wildman–Crippen LogP) is 5.95. The van der Waals surface area contributed by atoms with E-state index in [9.17, 15) is 4.79 Å². The Hall–Kier alpha value is -3.07. The number of hydrogen-bond donors (Lipinski definition) is 0. The summed E-state index contributed by atoms with van der Waals surface area (Å²) in [5.41, 5.74) is 4.94. The van der Waals surface area contributed by atoms with Gasteiger partial charge >= 0.3 is 6.09 Å². The molecule has 0 bridgehead atoms. The summed E-state index contributed by atoms with van der Waals surface area (Å²) in [5, 5.41) is 0. The monoisotopic (exact) mass is 331 g/mol. The maximum absolute atomic E-state index is 12.9. The lowest BCUT2D eigenvalue weighted by Gasteiger charge is -2.22. The van der Waals surface area contributed by atoms with Crippen LogP contribution in [0.3, 0.4) is 0 Å². The van der Waals surface area contributed by atoms with E-state index in [1.54, 1.807) is 17.0 Å². The number of nitrogens with zero attached hydrogens (tertiary/aromatic N) is 1. The summed E-state index contributed by atoms with van der Waals surface area (Å²) < 4.78 is 5.59. The smallest absolute Gasteiger partial charge is 0.410 e. The minimum Gasteiger partial charge on any atom is -0.410 e. The van der Waals surface area contributed by atoms with Gasteiger partial charge in [-0.05, 0) is 57.2 Å². The summed E-state index contributed by atoms with van der Waals surface area (Å²) in [6.07, 6.45) is -0.434. The lowest BCUT2D eigenvalue weighted by atomic mass is 10.2. The first-order chi connectivity index (χ1) is 12.0. The SMILES string of the molecule is Cc1ccc(OC(=O)N(c2ccc(C)cc2)c2ccc(C)cc2)cc1. The second-order valence-corrected chi connectivity index (χ2v) is 6.19. The molecule has 0 atom stereocenters. The molecule has 0 aliphatic carbocycles. The van der Waals surface area contributed by atoms with Gasteiger partial charge in [0.2, 0.25) is 0 Å². The Bertz CT molecular complexity index is 805. The zero-order chi connectivity index (χ0) is 17.8. The fraction of sp³-hybridized carbons (Fsp3) is 0.136. The van der Waals surface area contributed by atoms with Crippen LogP contribution in [0.25, 0.3) is 0 Å². The van der Waals surface area contributed by atoms with E-state index in [0.717, 1.165) is 28.1 Å². The second kappa shape index (κ2) is 7.22. The van der Waals surface area contributed by atoms with E-state index in [2.05, 4.69) is 0 Å². The maximum atomic E-state index is 12.9. The molecule has 0 fully saturated rings. The summed E-state index contributed by atoms with van der Waals surface area (Å²) in [6, 6.07) is 23.1. The van der Waals surface area contributed by atoms with Crippen LogP contribution in [0.15, 0.2) is 72.8 Å². The lowest BCUT2D eigenvalue weighted by molar-refractivity contribution is 0.210. The standard InChI is InChI=1S/C22H21NO2/c1-16-4-10-19(11-5-16)23(20-12-6-17(2)7-13-20)22(24)25-21-14-8-18(3)9-15-21/h4-15H,1-3H3. The van der Waals surface area contributed by atoms with Crippen molar-refractivity contribution in [3.05, 3.63) is 89.5 Å². The highest BCUT2D eigenvalue weighted by molar-refractivity contribution is 5.97. The Morgan fingerprint density at radius 3 is 1.40 bits per heavy atom. The highest BCUT2D eigenvalue weighted by Crippen LogP contribution is 2.27. The zero-order valence-corrected chi connectivity index (χ0v) is 14.7. The van der Waals surface area contributed by atoms with E-state index in [0.29, 0.717) is 5.75 Å². The number of anilines is 2. The van der Waals surface area contributed by atoms with Crippen LogP contribution < -0.4 is 9.64 Å². The fourth-order valence-corrected chi connectivity index (χ4v) is 2.50. The molecule has 0 N–H and O–H groups in total. The van der Waals surface area contributed by atoms with E-state index in [-0.39, 0.29) is 0 Å². The van der Waals surface area contributed by atoms with Gasteiger partial charge in [0, 0.05) is 0 Å². The number of hydrogen-bond acceptors (Lipinski definition) is 2. The van der Waals surface area contributed by atoms with Gasteiger partial charge in [-0.1, -0.05) is 53.1 Å². The van der Waals surface area contributed by atoms with Crippen LogP contribution in [0.1, 0.15) is 16.7 Å². The van der Waals surface area contributed by atoms with E-state index in [1.807, 2.05) is 81.4 Å². The molecule has 0 radical (unpaired) electrons. The van der Waals surface area contributed by atoms with E-state index < -0.39 is 6.09 Å². The van der Waals surface area contributed by atoms with Crippen LogP contribution in [-0.2, 0) is 0 Å². The third kappa shape index (κ3) is 4.07. The number of carbonyl (C=O) groups is 1. The van der Waals surface area contributed by atoms with Gasteiger partial charge in [0.25, 0.3) is 0 Å². The number of ether oxygens (including phenoxy) is 1. The van der Waals surface area contributed by atoms with Crippen molar-refractivity contribution in [3.63, 3.8) is 0 Å². The second-order valence-electron chi connectivity index (χ2n) is 6.19. The molecule has 25 heavy (non-hydrogen) atoms. The minimum atomic E-state index is -0.434. The molecule has 0 aliphatic rings. The molecule has 0 saturated carbocycles. The van der Waals surface area contributed by atoms with E-state index in [4.69, 9.17) is 4.74 Å². The molecule has 3 aromatic carbocycles. The Morgan fingerprint density at radius 1 is 0.640 bits per heavy atom. The summed E-state index contributed by atoms with van der Waals surface area (Å²) in [5.74, 6) is 0.528. The quantitative estimate of drug-likeness (QED) is 0.593. The molecule has 3 rings (SSSR count). The first-order valence-corrected chi connectivity index (χ1v) is 8.25. The third-order valence-corrected chi connectivity index (χ3v) is 3.99. The lowest BCUT2D eigenvalue weighted by Crippen LogP contribution is -2.29. The van der Waals surface area contributed by atoms with Crippen LogP contribution in [0.5, 0.6) is 5.75 Å². The van der Waals surface area contributed by atoms with Crippen molar-refractivity contribution in [1.82, 2.24) is 0 Å². The molecule has 3 aromatic rings. The molecule has 0 aliphatic heterocycles. The molecule has 0 unspecified atom stereocenters. The average molecular weight is 331 g/mol. The van der Waals surface area contributed by atoms with Gasteiger partial charge in [-0.25, -0.2) is 9.69 Å². The van der Waals surface area contributed by atoms with Gasteiger partial charge in [0.1, 0.15) is 5.75 Å². The first-order valence-electron chi connectivity index (χ1n) is 8.25. The van der Waals surface area contributed by atoms with Crippen LogP contribution in [-0.4, -0.2) is 6.09 Å². The number of amides is 1. The molecule has 3 heteroatoms. The highest BCUT2D eigenvalue weighted by atomic mass is 16.6. The van der Waals surface area contributed by atoms with Crippen molar-refractivity contribution in [2.45, 2.75) is 20.8 Å². The van der Waals surface area contributed by atoms with Crippen LogP contribution >= 0.6 is 0 Å². The first kappa shape index (κ1) is 16.8. The Balaban J connectivity index is 1.94. The van der Waals surface area contributed by atoms with Gasteiger partial charge in [-0.15, -0.1) is 0 Å². The van der Waals surface area contributed by atoms with Crippen molar-refractivity contribution in [1.29, 1.82) is 0 Å². The average Bonchev–Trinajstić information content (AvgIpc) is 2.60. The molecule has 1 amide bonds. The summed E-state index contributed by atoms with van der Waals surface area (Å²) in [7, 11) is 0. The Morgan fingerprint density at radius 2 is 1.00 bits per heavy atom. The van der Waals surface area contributed by atoms with Crippen molar-refractivity contribution in [2.75, 3.05) is 4.90 Å². The Labute approximate surface area is 148 Å². The third-order valence-electron chi connectivity index (χ3n) is 3.99. The van der Waals surface area contributed by atoms with Crippen molar-refractivity contribution < 1.29 is 9.53 Å². The molecule has 0 saturated heterocycles. The summed E-state index contributed by atoms with van der Waals surface area (Å²) >= 11 is 0. The molecule has 3 nitrogen and oxygen atoms in total. The van der Waals surface area contributed by atoms with Crippen molar-refractivity contribution in [2.24, 2.45) is 0 Å². The van der Waals surface area contributed by atoms with E-state index >= 15 is 0 Å². The van der Waals surface area contributed by atoms with Crippen LogP contribution in [0.2, 0.25) is 0 Å². The minimum absolute atomic E-state index is 0.434. The summed E-state index contributed by atoms with van der Waals surface area (Å²) in [6.45, 7) is 6.03. The Kier molecular flexibility index (Phi) is 4.85. The molecule has 0 heterocycles. The fourth-order valence-electron chi connectivity index (χ4n) is 2.50.